The third kappa shape index (κ3) is 3.97. The van der Waals surface area contributed by atoms with E-state index in [2.05, 4.69) is 5.32 Å². The van der Waals surface area contributed by atoms with Crippen molar-refractivity contribution in [2.24, 2.45) is 5.73 Å². The van der Waals surface area contributed by atoms with Crippen molar-refractivity contribution in [3.8, 4) is 5.75 Å². The lowest BCUT2D eigenvalue weighted by atomic mass is 10.3. The summed E-state index contributed by atoms with van der Waals surface area (Å²) in [7, 11) is 0. The molecule has 0 heterocycles. The van der Waals surface area contributed by atoms with Crippen LogP contribution in [0.5, 0.6) is 5.75 Å². The summed E-state index contributed by atoms with van der Waals surface area (Å²) in [6.45, 7) is -0.277. The Bertz CT molecular complexity index is 366. The molecular weight excluding hydrogens is 212 g/mol. The van der Waals surface area contributed by atoms with Crippen LogP contribution in [-0.4, -0.2) is 29.8 Å². The van der Waals surface area contributed by atoms with Crippen molar-refractivity contribution in [2.45, 2.75) is 6.10 Å². The van der Waals surface area contributed by atoms with E-state index in [0.717, 1.165) is 0 Å². The lowest BCUT2D eigenvalue weighted by Gasteiger charge is -2.08. The van der Waals surface area contributed by atoms with Crippen molar-refractivity contribution in [3.05, 3.63) is 30.3 Å². The molecule has 16 heavy (non-hydrogen) atoms. The summed E-state index contributed by atoms with van der Waals surface area (Å²) >= 11 is 0. The number of para-hydroxylation sites is 1. The summed E-state index contributed by atoms with van der Waals surface area (Å²) < 4.78 is 4.83. The number of hydrogen-bond donors (Lipinski definition) is 3. The summed E-state index contributed by atoms with van der Waals surface area (Å²) in [5.41, 5.74) is 4.79. The first-order valence-electron chi connectivity index (χ1n) is 4.57. The largest absolute Gasteiger partial charge is 0.412 e. The van der Waals surface area contributed by atoms with Crippen molar-refractivity contribution < 1.29 is 19.4 Å². The minimum atomic E-state index is -1.41. The molecule has 1 rings (SSSR count). The highest BCUT2D eigenvalue weighted by atomic mass is 16.6. The number of primary amides is 1. The molecule has 0 aromatic heterocycles. The van der Waals surface area contributed by atoms with Crippen molar-refractivity contribution in [2.75, 3.05) is 6.54 Å². The molecule has 86 valence electrons. The lowest BCUT2D eigenvalue weighted by molar-refractivity contribution is -0.125. The Morgan fingerprint density at radius 2 is 2.00 bits per heavy atom. The maximum absolute atomic E-state index is 11.1. The van der Waals surface area contributed by atoms with E-state index in [-0.39, 0.29) is 6.54 Å². The summed E-state index contributed by atoms with van der Waals surface area (Å²) in [4.78, 5) is 21.6. The summed E-state index contributed by atoms with van der Waals surface area (Å²) in [6.07, 6.45) is -2.17. The highest BCUT2D eigenvalue weighted by Gasteiger charge is 2.12. The molecule has 1 atom stereocenters. The fourth-order valence-corrected chi connectivity index (χ4v) is 0.912. The van der Waals surface area contributed by atoms with Gasteiger partial charge in [-0.1, -0.05) is 18.2 Å². The summed E-state index contributed by atoms with van der Waals surface area (Å²) in [6, 6.07) is 8.40. The highest BCUT2D eigenvalue weighted by molar-refractivity contribution is 5.79. The molecule has 1 aromatic rings. The first-order valence-corrected chi connectivity index (χ1v) is 4.57. The number of benzene rings is 1. The van der Waals surface area contributed by atoms with E-state index in [1.165, 1.54) is 0 Å². The zero-order chi connectivity index (χ0) is 12.0. The lowest BCUT2D eigenvalue weighted by Crippen LogP contribution is -2.40. The van der Waals surface area contributed by atoms with Gasteiger partial charge in [-0.05, 0) is 12.1 Å². The second kappa shape index (κ2) is 5.72. The molecule has 0 fully saturated rings. The maximum Gasteiger partial charge on any atom is 0.412 e. The van der Waals surface area contributed by atoms with Gasteiger partial charge in [0.05, 0.1) is 6.54 Å². The standard InChI is InChI=1S/C10H12N2O4/c11-9(14)8(13)6-12-10(15)16-7-4-2-1-3-5-7/h1-5,8,13H,6H2,(H2,11,14)(H,12,15). The molecule has 6 heteroatoms. The van der Waals surface area contributed by atoms with Gasteiger partial charge in [0.1, 0.15) is 11.9 Å². The Morgan fingerprint density at radius 1 is 1.38 bits per heavy atom. The van der Waals surface area contributed by atoms with E-state index in [1.54, 1.807) is 30.3 Å². The van der Waals surface area contributed by atoms with Gasteiger partial charge in [-0.15, -0.1) is 0 Å². The number of nitrogens with one attached hydrogen (secondary N) is 1. The SMILES string of the molecule is NC(=O)C(O)CNC(=O)Oc1ccccc1. The molecule has 0 aliphatic rings. The molecule has 1 unspecified atom stereocenters. The Morgan fingerprint density at radius 3 is 2.56 bits per heavy atom. The monoisotopic (exact) mass is 224 g/mol. The predicted octanol–water partition coefficient (Wildman–Crippen LogP) is -0.379. The second-order valence-electron chi connectivity index (χ2n) is 3.00. The van der Waals surface area contributed by atoms with E-state index >= 15 is 0 Å². The number of rotatable bonds is 4. The van der Waals surface area contributed by atoms with Crippen LogP contribution in [0, 0.1) is 0 Å². The Hall–Kier alpha value is -2.08. The van der Waals surface area contributed by atoms with Gasteiger partial charge in [-0.2, -0.15) is 0 Å². The van der Waals surface area contributed by atoms with Crippen molar-refractivity contribution >= 4 is 12.0 Å². The van der Waals surface area contributed by atoms with E-state index in [4.69, 9.17) is 15.6 Å². The normalized spacial score (nSPS) is 11.6. The molecule has 0 saturated heterocycles. The number of hydrogen-bond acceptors (Lipinski definition) is 4. The highest BCUT2D eigenvalue weighted by Crippen LogP contribution is 2.07. The molecule has 0 aliphatic heterocycles. The number of carbonyl (C=O) groups excluding carboxylic acids is 2. The number of carbonyl (C=O) groups is 2. The minimum absolute atomic E-state index is 0.277. The molecule has 6 nitrogen and oxygen atoms in total. The summed E-state index contributed by atoms with van der Waals surface area (Å²) in [5, 5.41) is 11.2. The van der Waals surface area contributed by atoms with Gasteiger partial charge >= 0.3 is 6.09 Å². The zero-order valence-electron chi connectivity index (χ0n) is 8.42. The predicted molar refractivity (Wildman–Crippen MR) is 55.7 cm³/mol. The second-order valence-corrected chi connectivity index (χ2v) is 3.00. The van der Waals surface area contributed by atoms with Crippen LogP contribution in [0.1, 0.15) is 0 Å². The Labute approximate surface area is 92.0 Å². The summed E-state index contributed by atoms with van der Waals surface area (Å²) in [5.74, 6) is -0.534. The number of nitrogens with two attached hydrogens (primary N) is 1. The minimum Gasteiger partial charge on any atom is -0.410 e. The Balaban J connectivity index is 2.35. The molecule has 0 spiro atoms. The molecule has 1 aromatic carbocycles. The van der Waals surface area contributed by atoms with Gasteiger partial charge in [0.2, 0.25) is 5.91 Å². The van der Waals surface area contributed by atoms with Crippen LogP contribution in [0.4, 0.5) is 4.79 Å². The third-order valence-electron chi connectivity index (χ3n) is 1.72. The quantitative estimate of drug-likeness (QED) is 0.648. The maximum atomic E-state index is 11.1. The molecule has 0 radical (unpaired) electrons. The van der Waals surface area contributed by atoms with Gasteiger partial charge in [-0.3, -0.25) is 4.79 Å². The third-order valence-corrected chi connectivity index (χ3v) is 1.72. The first-order chi connectivity index (χ1) is 7.59. The van der Waals surface area contributed by atoms with Crippen molar-refractivity contribution in [3.63, 3.8) is 0 Å². The topological polar surface area (TPSA) is 102 Å². The first kappa shape index (κ1) is 12.0. The number of ether oxygens (including phenoxy) is 1. The van der Waals surface area contributed by atoms with Crippen LogP contribution in [0.25, 0.3) is 0 Å². The molecule has 4 N–H and O–H groups in total. The fraction of sp³-hybridized carbons (Fsp3) is 0.200. The van der Waals surface area contributed by atoms with Crippen LogP contribution >= 0.6 is 0 Å². The van der Waals surface area contributed by atoms with Crippen LogP contribution < -0.4 is 15.8 Å². The van der Waals surface area contributed by atoms with E-state index in [9.17, 15) is 9.59 Å². The van der Waals surface area contributed by atoms with Gasteiger partial charge < -0.3 is 20.9 Å². The van der Waals surface area contributed by atoms with E-state index in [1.807, 2.05) is 0 Å². The fourth-order valence-electron chi connectivity index (χ4n) is 0.912. The van der Waals surface area contributed by atoms with Gasteiger partial charge in [0, 0.05) is 0 Å². The van der Waals surface area contributed by atoms with Crippen LogP contribution in [0.15, 0.2) is 30.3 Å². The van der Waals surface area contributed by atoms with Gasteiger partial charge in [-0.25, -0.2) is 4.79 Å². The molecule has 0 saturated carbocycles. The number of amides is 2. The Kier molecular flexibility index (Phi) is 4.28. The molecule has 2 amide bonds. The van der Waals surface area contributed by atoms with Crippen molar-refractivity contribution in [1.29, 1.82) is 0 Å². The molecule has 0 aliphatic carbocycles. The van der Waals surface area contributed by atoms with Gasteiger partial charge in [0.15, 0.2) is 0 Å². The van der Waals surface area contributed by atoms with Crippen LogP contribution in [0.2, 0.25) is 0 Å². The van der Waals surface area contributed by atoms with Crippen molar-refractivity contribution in [1.82, 2.24) is 5.32 Å². The zero-order valence-corrected chi connectivity index (χ0v) is 8.42. The molecule has 0 bridgehead atoms. The van der Waals surface area contributed by atoms with E-state index < -0.39 is 18.1 Å². The van der Waals surface area contributed by atoms with Crippen LogP contribution in [0.3, 0.4) is 0 Å². The number of aliphatic hydroxyl groups excluding tert-OH is 1. The van der Waals surface area contributed by atoms with Gasteiger partial charge in [0.25, 0.3) is 0 Å². The average molecular weight is 224 g/mol. The van der Waals surface area contributed by atoms with Crippen LogP contribution in [-0.2, 0) is 4.79 Å². The van der Waals surface area contributed by atoms with E-state index in [0.29, 0.717) is 5.75 Å². The average Bonchev–Trinajstić information content (AvgIpc) is 2.27. The smallest absolute Gasteiger partial charge is 0.410 e. The number of aliphatic hydroxyl groups is 1. The molecular formula is C10H12N2O4.